The van der Waals surface area contributed by atoms with Crippen LogP contribution in [0, 0.1) is 0 Å². The van der Waals surface area contributed by atoms with Gasteiger partial charge < -0.3 is 20.0 Å². The van der Waals surface area contributed by atoms with Crippen LogP contribution in [0.25, 0.3) is 11.2 Å². The number of nitrogen functional groups attached to an aromatic ring is 1. The molecular formula is C22H31F2IN7O2PS2. The summed E-state index contributed by atoms with van der Waals surface area (Å²) in [4.78, 5) is 13.0. The lowest BCUT2D eigenvalue weighted by Gasteiger charge is -2.16. The molecule has 3 N–H and O–H groups in total. The van der Waals surface area contributed by atoms with Crippen molar-refractivity contribution in [3.63, 3.8) is 0 Å². The number of hydrogen-bond acceptors (Lipinski definition) is 9. The number of rotatable bonds is 8. The SMILES string of the molecule is CC.CN(C)SOc1cc(C2=NC(C)(C)CO2)ccc1Nc1cc(N)nc2c1nc(C(F)F)n2PI.S. The van der Waals surface area contributed by atoms with Crippen molar-refractivity contribution in [2.24, 2.45) is 4.99 Å². The van der Waals surface area contributed by atoms with Gasteiger partial charge in [0.1, 0.15) is 30.2 Å². The molecule has 0 aliphatic carbocycles. The Morgan fingerprint density at radius 1 is 1.24 bits per heavy atom. The smallest absolute Gasteiger partial charge is 0.295 e. The number of nitrogens with zero attached hydrogens (tertiary/aromatic N) is 5. The van der Waals surface area contributed by atoms with Gasteiger partial charge in [-0.25, -0.2) is 28.0 Å². The van der Waals surface area contributed by atoms with E-state index in [0.717, 1.165) is 17.8 Å². The summed E-state index contributed by atoms with van der Waals surface area (Å²) < 4.78 is 42.0. The molecule has 1 aliphatic rings. The van der Waals surface area contributed by atoms with Gasteiger partial charge in [-0.2, -0.15) is 13.5 Å². The van der Waals surface area contributed by atoms with Crippen molar-refractivity contribution in [2.75, 3.05) is 31.8 Å². The van der Waals surface area contributed by atoms with Crippen molar-refractivity contribution in [3.8, 4) is 5.75 Å². The molecule has 0 amide bonds. The minimum atomic E-state index is -2.74. The first-order valence-electron chi connectivity index (χ1n) is 11.1. The quantitative estimate of drug-likeness (QED) is 0.117. The number of aromatic nitrogens is 3. The van der Waals surface area contributed by atoms with Gasteiger partial charge in [0, 0.05) is 25.7 Å². The lowest BCUT2D eigenvalue weighted by atomic mass is 10.1. The van der Waals surface area contributed by atoms with E-state index in [9.17, 15) is 8.78 Å². The summed E-state index contributed by atoms with van der Waals surface area (Å²) in [5, 5.41) is 3.24. The number of imidazole rings is 1. The molecule has 0 fully saturated rings. The number of benzene rings is 1. The first kappa shape index (κ1) is 31.6. The minimum absolute atomic E-state index is 0. The number of nitrogens with two attached hydrogens (primary N) is 1. The van der Waals surface area contributed by atoms with E-state index in [4.69, 9.17) is 14.7 Å². The number of halogens is 3. The number of hydrogen-bond donors (Lipinski definition) is 2. The molecule has 3 aromatic rings. The van der Waals surface area contributed by atoms with Gasteiger partial charge >= 0.3 is 0 Å². The van der Waals surface area contributed by atoms with Crippen molar-refractivity contribution < 1.29 is 17.7 Å². The summed E-state index contributed by atoms with van der Waals surface area (Å²) in [7, 11) is 3.70. The largest absolute Gasteiger partial charge is 0.475 e. The monoisotopic (exact) mass is 685 g/mol. The Morgan fingerprint density at radius 2 is 1.95 bits per heavy atom. The molecule has 4 rings (SSSR count). The molecule has 2 aromatic heterocycles. The first-order chi connectivity index (χ1) is 17.1. The van der Waals surface area contributed by atoms with Crippen LogP contribution in [0.5, 0.6) is 5.75 Å². The number of anilines is 3. The van der Waals surface area contributed by atoms with Crippen LogP contribution in [-0.4, -0.2) is 50.7 Å². The Balaban J connectivity index is 0.00000157. The molecular weight excluding hydrogens is 654 g/mol. The number of alkyl halides is 2. The third-order valence-electron chi connectivity index (χ3n) is 4.68. The number of ether oxygens (including phenoxy) is 1. The summed E-state index contributed by atoms with van der Waals surface area (Å²) in [6.45, 7) is 8.49. The maximum Gasteiger partial charge on any atom is 0.295 e. The maximum atomic E-state index is 13.6. The highest BCUT2D eigenvalue weighted by atomic mass is 127. The molecule has 3 heterocycles. The Bertz CT molecular complexity index is 1260. The van der Waals surface area contributed by atoms with E-state index >= 15 is 0 Å². The topological polar surface area (TPSA) is 103 Å². The fourth-order valence-electron chi connectivity index (χ4n) is 3.23. The minimum Gasteiger partial charge on any atom is -0.475 e. The predicted octanol–water partition coefficient (Wildman–Crippen LogP) is 6.68. The van der Waals surface area contributed by atoms with Gasteiger partial charge in [-0.1, -0.05) is 13.8 Å². The molecule has 37 heavy (non-hydrogen) atoms. The van der Waals surface area contributed by atoms with Gasteiger partial charge in [-0.15, -0.1) is 0 Å². The zero-order valence-electron chi connectivity index (χ0n) is 21.3. The van der Waals surface area contributed by atoms with Gasteiger partial charge in [-0.05, 0) is 54.1 Å². The Hall–Kier alpha value is -1.61. The van der Waals surface area contributed by atoms with E-state index in [-0.39, 0.29) is 37.1 Å². The first-order valence-corrected chi connectivity index (χ1v) is 15.8. The Labute approximate surface area is 241 Å². The van der Waals surface area contributed by atoms with Gasteiger partial charge in [0.2, 0.25) is 5.90 Å². The molecule has 204 valence electrons. The number of nitrogens with one attached hydrogen (secondary N) is 1. The van der Waals surface area contributed by atoms with Crippen molar-refractivity contribution in [2.45, 2.75) is 39.7 Å². The molecule has 1 atom stereocenters. The van der Waals surface area contributed by atoms with Crippen LogP contribution in [0.3, 0.4) is 0 Å². The van der Waals surface area contributed by atoms with Crippen LogP contribution in [0.1, 0.15) is 45.5 Å². The molecule has 0 spiro atoms. The second-order valence-electron chi connectivity index (χ2n) is 8.28. The summed E-state index contributed by atoms with van der Waals surface area (Å²) in [6.07, 6.45) is -2.75. The Morgan fingerprint density at radius 3 is 2.51 bits per heavy atom. The standard InChI is InChI=1S/C20H23F2IN7O2PS.C2H6.H2S/c1-20(2)9-31-19(28-20)10-5-6-11(13(7-10)32-34-29(3)4)25-12-8-14(24)26-17-15(12)27-18(16(21)22)30(17)33-23;1-2;/h5-8,16,33H,9H2,1-4H3,(H3,24,25,26);1-2H3;1H2. The lowest BCUT2D eigenvalue weighted by Crippen LogP contribution is -2.17. The van der Waals surface area contributed by atoms with E-state index < -0.39 is 6.43 Å². The van der Waals surface area contributed by atoms with Crippen molar-refractivity contribution in [1.82, 2.24) is 18.6 Å². The number of pyridine rings is 1. The third kappa shape index (κ3) is 7.49. The molecule has 0 bridgehead atoms. The van der Waals surface area contributed by atoms with Gasteiger partial charge in [0.25, 0.3) is 6.43 Å². The van der Waals surface area contributed by atoms with Crippen LogP contribution in [0.15, 0.2) is 29.3 Å². The summed E-state index contributed by atoms with van der Waals surface area (Å²) >= 11 is 3.15. The van der Waals surface area contributed by atoms with E-state index in [1.54, 1.807) is 10.4 Å². The third-order valence-corrected chi connectivity index (χ3v) is 7.29. The molecule has 0 saturated heterocycles. The van der Waals surface area contributed by atoms with E-state index in [2.05, 4.69) is 20.3 Å². The number of aliphatic imine (C=N–C) groups is 1. The number of fused-ring (bicyclic) bond motifs is 1. The Kier molecular flexibility index (Phi) is 11.5. The molecule has 1 unspecified atom stereocenters. The lowest BCUT2D eigenvalue weighted by molar-refractivity contribution is 0.140. The zero-order chi connectivity index (χ0) is 26.6. The summed E-state index contributed by atoms with van der Waals surface area (Å²) in [6, 6.07) is 7.05. The van der Waals surface area contributed by atoms with Crippen LogP contribution in [0.2, 0.25) is 0 Å². The summed E-state index contributed by atoms with van der Waals surface area (Å²) in [5.41, 5.74) is 8.10. The average Bonchev–Trinajstić information content (AvgIpc) is 3.39. The van der Waals surface area contributed by atoms with Gasteiger partial charge in [-0.3, -0.25) is 4.34 Å². The van der Waals surface area contributed by atoms with Crippen LogP contribution < -0.4 is 15.2 Å². The van der Waals surface area contributed by atoms with Gasteiger partial charge in [0.05, 0.1) is 23.3 Å². The molecule has 1 aromatic carbocycles. The molecule has 15 heteroatoms. The fourth-order valence-corrected chi connectivity index (χ4v) is 5.49. The summed E-state index contributed by atoms with van der Waals surface area (Å²) in [5.74, 6) is 0.873. The van der Waals surface area contributed by atoms with Crippen LogP contribution >= 0.6 is 54.1 Å². The second-order valence-corrected chi connectivity index (χ2v) is 11.4. The second kappa shape index (κ2) is 13.5. The van der Waals surface area contributed by atoms with Crippen LogP contribution in [0.4, 0.5) is 26.0 Å². The highest BCUT2D eigenvalue weighted by Crippen LogP contribution is 2.39. The van der Waals surface area contributed by atoms with Crippen molar-refractivity contribution in [1.29, 1.82) is 0 Å². The molecule has 9 nitrogen and oxygen atoms in total. The molecule has 0 saturated carbocycles. The zero-order valence-corrected chi connectivity index (χ0v) is 26.2. The normalized spacial score (nSPS) is 14.4. The predicted molar refractivity (Wildman–Crippen MR) is 165 cm³/mol. The van der Waals surface area contributed by atoms with E-state index in [1.165, 1.54) is 4.34 Å². The fraction of sp³-hybridized carbons (Fsp3) is 0.409. The molecule has 0 radical (unpaired) electrons. The molecule has 1 aliphatic heterocycles. The average molecular weight is 686 g/mol. The van der Waals surface area contributed by atoms with E-state index in [0.29, 0.717) is 40.8 Å². The van der Waals surface area contributed by atoms with Crippen molar-refractivity contribution >= 4 is 88.4 Å². The van der Waals surface area contributed by atoms with Crippen LogP contribution in [-0.2, 0) is 4.74 Å². The van der Waals surface area contributed by atoms with Crippen molar-refractivity contribution in [3.05, 3.63) is 35.7 Å². The highest BCUT2D eigenvalue weighted by molar-refractivity contribution is 14.2. The maximum absolute atomic E-state index is 13.6. The van der Waals surface area contributed by atoms with Gasteiger partial charge in [0.15, 0.2) is 17.2 Å². The highest BCUT2D eigenvalue weighted by Gasteiger charge is 2.28. The van der Waals surface area contributed by atoms with E-state index in [1.807, 2.05) is 82.0 Å².